The minimum Gasteiger partial charge on any atom is -0.508 e. The zero-order chi connectivity index (χ0) is 32.3. The molecule has 3 rings (SSSR count). The maximum atomic E-state index is 14.7. The SMILES string of the molecule is CCCCCCN(C(=O)C(Cc1ccc(O)cc1)NC(=O)OC(C)(C)C)C(C(=O)Nc1ccccc1C)c1ccccc1C. The van der Waals surface area contributed by atoms with E-state index in [0.29, 0.717) is 24.2 Å². The first-order valence-corrected chi connectivity index (χ1v) is 15.4. The van der Waals surface area contributed by atoms with E-state index in [4.69, 9.17) is 4.74 Å². The number of aryl methyl sites for hydroxylation is 2. The number of anilines is 1. The molecule has 44 heavy (non-hydrogen) atoms. The number of carbonyl (C=O) groups is 3. The Kier molecular flexibility index (Phi) is 12.4. The van der Waals surface area contributed by atoms with Crippen molar-refractivity contribution in [3.8, 4) is 5.75 Å². The number of carbonyl (C=O) groups excluding carboxylic acids is 3. The Balaban J connectivity index is 2.09. The Morgan fingerprint density at radius 3 is 2.11 bits per heavy atom. The molecule has 0 fully saturated rings. The molecule has 0 aliphatic carbocycles. The molecule has 0 aliphatic heterocycles. The van der Waals surface area contributed by atoms with Gasteiger partial charge in [-0.05, 0) is 81.5 Å². The molecule has 0 bridgehead atoms. The third-order valence-corrected chi connectivity index (χ3v) is 7.35. The molecule has 8 heteroatoms. The molecule has 0 aromatic heterocycles. The molecule has 2 unspecified atom stereocenters. The van der Waals surface area contributed by atoms with Crippen molar-refractivity contribution in [1.82, 2.24) is 10.2 Å². The van der Waals surface area contributed by atoms with Gasteiger partial charge < -0.3 is 25.4 Å². The van der Waals surface area contributed by atoms with Crippen LogP contribution in [0.1, 0.15) is 81.7 Å². The van der Waals surface area contributed by atoms with Gasteiger partial charge in [0.1, 0.15) is 23.4 Å². The minimum atomic E-state index is -1.03. The quantitative estimate of drug-likeness (QED) is 0.179. The van der Waals surface area contributed by atoms with Gasteiger partial charge in [0.05, 0.1) is 0 Å². The van der Waals surface area contributed by atoms with E-state index in [1.165, 1.54) is 0 Å². The van der Waals surface area contributed by atoms with Crippen LogP contribution >= 0.6 is 0 Å². The summed E-state index contributed by atoms with van der Waals surface area (Å²) in [7, 11) is 0. The predicted octanol–water partition coefficient (Wildman–Crippen LogP) is 7.23. The maximum Gasteiger partial charge on any atom is 0.408 e. The number of phenolic OH excluding ortho intramolecular Hbond substituents is 1. The summed E-state index contributed by atoms with van der Waals surface area (Å²) >= 11 is 0. The number of rotatable bonds is 13. The average molecular weight is 602 g/mol. The van der Waals surface area contributed by atoms with Crippen LogP contribution in [0.3, 0.4) is 0 Å². The lowest BCUT2D eigenvalue weighted by Crippen LogP contribution is -2.53. The van der Waals surface area contributed by atoms with Crippen LogP contribution in [0.4, 0.5) is 10.5 Å². The first-order chi connectivity index (χ1) is 20.9. The number of amides is 3. The molecule has 8 nitrogen and oxygen atoms in total. The van der Waals surface area contributed by atoms with Crippen LogP contribution in [-0.4, -0.2) is 46.1 Å². The van der Waals surface area contributed by atoms with E-state index in [0.717, 1.165) is 36.0 Å². The summed E-state index contributed by atoms with van der Waals surface area (Å²) in [5.74, 6) is -0.631. The highest BCUT2D eigenvalue weighted by molar-refractivity contribution is 5.99. The van der Waals surface area contributed by atoms with Crippen molar-refractivity contribution in [2.75, 3.05) is 11.9 Å². The molecule has 0 radical (unpaired) electrons. The fourth-order valence-corrected chi connectivity index (χ4v) is 5.05. The van der Waals surface area contributed by atoms with Crippen molar-refractivity contribution in [1.29, 1.82) is 0 Å². The summed E-state index contributed by atoms with van der Waals surface area (Å²) in [5.41, 5.74) is 3.12. The van der Waals surface area contributed by atoms with Crippen molar-refractivity contribution in [3.05, 3.63) is 95.1 Å². The monoisotopic (exact) mass is 601 g/mol. The number of nitrogens with one attached hydrogen (secondary N) is 2. The number of para-hydroxylation sites is 1. The second kappa shape index (κ2) is 15.9. The molecule has 0 saturated carbocycles. The topological polar surface area (TPSA) is 108 Å². The molecular formula is C36H47N3O5. The van der Waals surface area contributed by atoms with Gasteiger partial charge in [-0.1, -0.05) is 80.8 Å². The van der Waals surface area contributed by atoms with Gasteiger partial charge >= 0.3 is 6.09 Å². The highest BCUT2D eigenvalue weighted by atomic mass is 16.6. The van der Waals surface area contributed by atoms with Gasteiger partial charge in [-0.2, -0.15) is 0 Å². The third-order valence-electron chi connectivity index (χ3n) is 7.35. The van der Waals surface area contributed by atoms with Gasteiger partial charge in [0.15, 0.2) is 0 Å². The van der Waals surface area contributed by atoms with E-state index >= 15 is 0 Å². The van der Waals surface area contributed by atoms with Crippen molar-refractivity contribution >= 4 is 23.6 Å². The van der Waals surface area contributed by atoms with Crippen LogP contribution in [0.15, 0.2) is 72.8 Å². The highest BCUT2D eigenvalue weighted by Crippen LogP contribution is 2.29. The lowest BCUT2D eigenvalue weighted by Gasteiger charge is -2.35. The van der Waals surface area contributed by atoms with Crippen molar-refractivity contribution in [2.24, 2.45) is 0 Å². The molecule has 3 aromatic carbocycles. The smallest absolute Gasteiger partial charge is 0.408 e. The normalized spacial score (nSPS) is 12.6. The fraction of sp³-hybridized carbons (Fsp3) is 0.417. The second-order valence-electron chi connectivity index (χ2n) is 12.2. The molecule has 0 spiro atoms. The van der Waals surface area contributed by atoms with E-state index in [2.05, 4.69) is 17.6 Å². The first-order valence-electron chi connectivity index (χ1n) is 15.4. The molecule has 2 atom stereocenters. The number of hydrogen-bond acceptors (Lipinski definition) is 5. The van der Waals surface area contributed by atoms with Crippen molar-refractivity contribution in [3.63, 3.8) is 0 Å². The second-order valence-corrected chi connectivity index (χ2v) is 12.2. The van der Waals surface area contributed by atoms with Gasteiger partial charge in [0, 0.05) is 18.7 Å². The molecule has 0 aliphatic rings. The molecular weight excluding hydrogens is 554 g/mol. The van der Waals surface area contributed by atoms with Gasteiger partial charge in [0.25, 0.3) is 5.91 Å². The largest absolute Gasteiger partial charge is 0.508 e. The average Bonchev–Trinajstić information content (AvgIpc) is 2.96. The number of aromatic hydroxyl groups is 1. The zero-order valence-corrected chi connectivity index (χ0v) is 26.9. The summed E-state index contributed by atoms with van der Waals surface area (Å²) in [6.07, 6.45) is 3.02. The predicted molar refractivity (Wildman–Crippen MR) is 175 cm³/mol. The zero-order valence-electron chi connectivity index (χ0n) is 26.9. The lowest BCUT2D eigenvalue weighted by molar-refractivity contribution is -0.140. The molecule has 0 saturated heterocycles. The van der Waals surface area contributed by atoms with Gasteiger partial charge in [-0.25, -0.2) is 4.79 Å². The van der Waals surface area contributed by atoms with E-state index in [9.17, 15) is 19.5 Å². The van der Waals surface area contributed by atoms with Crippen molar-refractivity contribution in [2.45, 2.75) is 91.3 Å². The maximum absolute atomic E-state index is 14.7. The van der Waals surface area contributed by atoms with Crippen LogP contribution in [0, 0.1) is 13.8 Å². The number of benzene rings is 3. The Labute approximate surface area is 261 Å². The Bertz CT molecular complexity index is 1400. The minimum absolute atomic E-state index is 0.0989. The number of nitrogens with zero attached hydrogens (tertiary/aromatic N) is 1. The Hall–Kier alpha value is -4.33. The van der Waals surface area contributed by atoms with Crippen LogP contribution in [0.2, 0.25) is 0 Å². The summed E-state index contributed by atoms with van der Waals surface area (Å²) in [4.78, 5) is 43.5. The van der Waals surface area contributed by atoms with Crippen LogP contribution in [0.25, 0.3) is 0 Å². The number of hydrogen-bond donors (Lipinski definition) is 3. The number of ether oxygens (including phenoxy) is 1. The molecule has 3 aromatic rings. The van der Waals surface area contributed by atoms with E-state index < -0.39 is 29.7 Å². The number of unbranched alkanes of at least 4 members (excludes halogenated alkanes) is 3. The van der Waals surface area contributed by atoms with E-state index in [-0.39, 0.29) is 18.1 Å². The van der Waals surface area contributed by atoms with Gasteiger partial charge in [-0.3, -0.25) is 9.59 Å². The molecule has 236 valence electrons. The third kappa shape index (κ3) is 10.1. The number of phenols is 1. The molecule has 0 heterocycles. The van der Waals surface area contributed by atoms with Crippen molar-refractivity contribution < 1.29 is 24.2 Å². The van der Waals surface area contributed by atoms with E-state index in [1.807, 2.05) is 62.4 Å². The highest BCUT2D eigenvalue weighted by Gasteiger charge is 2.37. The lowest BCUT2D eigenvalue weighted by atomic mass is 9.96. The Morgan fingerprint density at radius 1 is 0.864 bits per heavy atom. The fourth-order valence-electron chi connectivity index (χ4n) is 5.05. The van der Waals surface area contributed by atoms with Gasteiger partial charge in [-0.15, -0.1) is 0 Å². The first kappa shape index (κ1) is 34.2. The standard InChI is InChI=1S/C36H47N3O5/c1-7-8-9-14-23-39(32(29-17-12-10-15-25(29)2)33(41)37-30-18-13-11-16-26(30)3)34(42)31(38-35(43)44-36(4,5)6)24-27-19-21-28(40)22-20-27/h10-13,15-22,31-32,40H,7-9,14,23-24H2,1-6H3,(H,37,41)(H,38,43). The number of alkyl carbamates (subject to hydrolysis) is 1. The summed E-state index contributed by atoms with van der Waals surface area (Å²) in [6.45, 7) is 11.6. The molecule has 3 amide bonds. The summed E-state index contributed by atoms with van der Waals surface area (Å²) in [5, 5.41) is 15.7. The van der Waals surface area contributed by atoms with Crippen LogP contribution in [0.5, 0.6) is 5.75 Å². The van der Waals surface area contributed by atoms with Crippen LogP contribution in [-0.2, 0) is 20.7 Å². The van der Waals surface area contributed by atoms with Crippen LogP contribution < -0.4 is 10.6 Å². The summed E-state index contributed by atoms with van der Waals surface area (Å²) in [6, 6.07) is 19.6. The Morgan fingerprint density at radius 2 is 1.50 bits per heavy atom. The summed E-state index contributed by atoms with van der Waals surface area (Å²) < 4.78 is 5.53. The van der Waals surface area contributed by atoms with Gasteiger partial charge in [0.2, 0.25) is 5.91 Å². The molecule has 3 N–H and O–H groups in total. The van der Waals surface area contributed by atoms with E-state index in [1.54, 1.807) is 49.9 Å².